The second-order valence-electron chi connectivity index (χ2n) is 4.98. The number of carbonyl (C=O) groups excluding carboxylic acids is 1. The number of nitrogens with one attached hydrogen (secondary N) is 2. The van der Waals surface area contributed by atoms with Crippen molar-refractivity contribution in [3.63, 3.8) is 0 Å². The van der Waals surface area contributed by atoms with Crippen LogP contribution in [0.3, 0.4) is 0 Å². The third-order valence-electron chi connectivity index (χ3n) is 3.53. The molecule has 0 spiro atoms. The fourth-order valence-corrected chi connectivity index (χ4v) is 2.60. The average molecular weight is 275 g/mol. The summed E-state index contributed by atoms with van der Waals surface area (Å²) in [4.78, 5) is 18.8. The number of nitrogen functional groups attached to an aromatic ring is 1. The maximum absolute atomic E-state index is 10.9. The van der Waals surface area contributed by atoms with Crippen LogP contribution in [0, 0.1) is 0 Å². The van der Waals surface area contributed by atoms with Gasteiger partial charge in [-0.05, 0) is 32.0 Å². The molecule has 7 heteroatoms. The number of amides is 1. The van der Waals surface area contributed by atoms with Crippen molar-refractivity contribution in [1.29, 1.82) is 0 Å². The van der Waals surface area contributed by atoms with Gasteiger partial charge in [0.15, 0.2) is 5.75 Å². The van der Waals surface area contributed by atoms with Gasteiger partial charge in [-0.3, -0.25) is 0 Å². The number of hydrogen-bond acceptors (Lipinski definition) is 5. The number of anilines is 1. The van der Waals surface area contributed by atoms with Crippen molar-refractivity contribution in [3.05, 3.63) is 18.0 Å². The molecule has 106 valence electrons. The highest BCUT2D eigenvalue weighted by molar-refractivity contribution is 5.87. The number of aromatic nitrogens is 2. The molecule has 2 heterocycles. The lowest BCUT2D eigenvalue weighted by Crippen LogP contribution is -2.27. The number of rotatable bonds is 2. The Kier molecular flexibility index (Phi) is 3.19. The summed E-state index contributed by atoms with van der Waals surface area (Å²) < 4.78 is 4.97. The molecule has 0 atom stereocenters. The molecule has 0 radical (unpaired) electrons. The molecule has 6 N–H and O–H groups in total. The molecule has 0 bridgehead atoms. The van der Waals surface area contributed by atoms with Gasteiger partial charge in [0.1, 0.15) is 11.3 Å². The van der Waals surface area contributed by atoms with E-state index in [-0.39, 0.29) is 0 Å². The lowest BCUT2D eigenvalue weighted by atomic mass is 9.98. The molecule has 0 saturated carbocycles. The molecule has 1 aliphatic rings. The summed E-state index contributed by atoms with van der Waals surface area (Å²) >= 11 is 0. The van der Waals surface area contributed by atoms with E-state index in [2.05, 4.69) is 15.3 Å². The predicted octanol–water partition coefficient (Wildman–Crippen LogP) is 1.07. The van der Waals surface area contributed by atoms with Gasteiger partial charge in [-0.2, -0.15) is 0 Å². The Balaban J connectivity index is 2.02. The number of fused-ring (bicyclic) bond motifs is 1. The standard InChI is InChI=1S/C13H17N5O2/c14-8-5-9-11(10(6-8)20-13(15)19)18-12(17-9)7-1-3-16-4-2-7/h5-7,16H,1-4,14H2,(H2,15,19)(H,17,18). The van der Waals surface area contributed by atoms with Crippen LogP contribution in [-0.4, -0.2) is 29.2 Å². The highest BCUT2D eigenvalue weighted by Gasteiger charge is 2.20. The molecule has 1 aliphatic heterocycles. The summed E-state index contributed by atoms with van der Waals surface area (Å²) in [5, 5.41) is 3.32. The van der Waals surface area contributed by atoms with Crippen molar-refractivity contribution >= 4 is 22.8 Å². The SMILES string of the molecule is NC(=O)Oc1cc(N)cc2[nH]c(C3CCNCC3)nc12. The number of primary amides is 1. The molecule has 20 heavy (non-hydrogen) atoms. The molecular formula is C13H17N5O2. The minimum Gasteiger partial charge on any atom is -0.408 e. The smallest absolute Gasteiger partial charge is 0.408 e. The number of carbonyl (C=O) groups is 1. The highest BCUT2D eigenvalue weighted by Crippen LogP contribution is 2.31. The molecule has 3 rings (SSSR count). The van der Waals surface area contributed by atoms with Crippen LogP contribution in [0.15, 0.2) is 12.1 Å². The van der Waals surface area contributed by atoms with E-state index in [0.717, 1.165) is 37.3 Å². The molecule has 0 aliphatic carbocycles. The zero-order valence-electron chi connectivity index (χ0n) is 11.0. The van der Waals surface area contributed by atoms with Gasteiger partial charge < -0.3 is 26.5 Å². The first kappa shape index (κ1) is 12.7. The number of nitrogens with two attached hydrogens (primary N) is 2. The van der Waals surface area contributed by atoms with Gasteiger partial charge in [-0.25, -0.2) is 9.78 Å². The molecule has 0 unspecified atom stereocenters. The van der Waals surface area contributed by atoms with Crippen LogP contribution in [0.1, 0.15) is 24.6 Å². The topological polar surface area (TPSA) is 119 Å². The highest BCUT2D eigenvalue weighted by atomic mass is 16.5. The molecule has 1 fully saturated rings. The van der Waals surface area contributed by atoms with Gasteiger partial charge in [0.05, 0.1) is 5.52 Å². The van der Waals surface area contributed by atoms with Crippen molar-refractivity contribution in [2.75, 3.05) is 18.8 Å². The average Bonchev–Trinajstić information content (AvgIpc) is 2.83. The summed E-state index contributed by atoms with van der Waals surface area (Å²) in [5.74, 6) is 1.58. The number of imidazole rings is 1. The summed E-state index contributed by atoms with van der Waals surface area (Å²) in [7, 11) is 0. The predicted molar refractivity (Wildman–Crippen MR) is 75.6 cm³/mol. The minimum atomic E-state index is -0.872. The Morgan fingerprint density at radius 3 is 2.80 bits per heavy atom. The van der Waals surface area contributed by atoms with Gasteiger partial charge in [0, 0.05) is 17.7 Å². The van der Waals surface area contributed by atoms with Gasteiger partial charge in [-0.15, -0.1) is 0 Å². The van der Waals surface area contributed by atoms with Crippen molar-refractivity contribution in [2.45, 2.75) is 18.8 Å². The van der Waals surface area contributed by atoms with E-state index >= 15 is 0 Å². The molecule has 1 aromatic carbocycles. The first-order valence-corrected chi connectivity index (χ1v) is 6.60. The lowest BCUT2D eigenvalue weighted by Gasteiger charge is -2.20. The maximum atomic E-state index is 10.9. The van der Waals surface area contributed by atoms with Gasteiger partial charge in [0.25, 0.3) is 0 Å². The summed E-state index contributed by atoms with van der Waals surface area (Å²) in [6.45, 7) is 1.96. The Morgan fingerprint density at radius 1 is 1.35 bits per heavy atom. The molecule has 7 nitrogen and oxygen atoms in total. The number of benzene rings is 1. The Labute approximate surface area is 115 Å². The van der Waals surface area contributed by atoms with Crippen LogP contribution in [0.4, 0.5) is 10.5 Å². The van der Waals surface area contributed by atoms with Crippen molar-refractivity contribution in [3.8, 4) is 5.75 Å². The van der Waals surface area contributed by atoms with Gasteiger partial charge in [0.2, 0.25) is 0 Å². The lowest BCUT2D eigenvalue weighted by molar-refractivity contribution is 0.211. The van der Waals surface area contributed by atoms with Crippen LogP contribution in [0.25, 0.3) is 11.0 Å². The van der Waals surface area contributed by atoms with Crippen molar-refractivity contribution in [1.82, 2.24) is 15.3 Å². The fourth-order valence-electron chi connectivity index (χ4n) is 2.60. The summed E-state index contributed by atoms with van der Waals surface area (Å²) in [6, 6.07) is 3.33. The second-order valence-corrected chi connectivity index (χ2v) is 4.98. The number of piperidine rings is 1. The number of hydrogen-bond donors (Lipinski definition) is 4. The third-order valence-corrected chi connectivity index (χ3v) is 3.53. The normalized spacial score (nSPS) is 16.4. The monoisotopic (exact) mass is 275 g/mol. The van der Waals surface area contributed by atoms with E-state index < -0.39 is 6.09 Å². The fraction of sp³-hybridized carbons (Fsp3) is 0.385. The first-order chi connectivity index (χ1) is 9.63. The second kappa shape index (κ2) is 5.01. The quantitative estimate of drug-likeness (QED) is 0.611. The number of ether oxygens (including phenoxy) is 1. The largest absolute Gasteiger partial charge is 0.410 e. The van der Waals surface area contributed by atoms with Crippen LogP contribution in [-0.2, 0) is 0 Å². The van der Waals surface area contributed by atoms with E-state index in [1.165, 1.54) is 0 Å². The number of nitrogens with zero attached hydrogens (tertiary/aromatic N) is 1. The molecular weight excluding hydrogens is 258 g/mol. The molecule has 1 saturated heterocycles. The number of H-pyrrole nitrogens is 1. The van der Waals surface area contributed by atoms with Gasteiger partial charge >= 0.3 is 6.09 Å². The zero-order chi connectivity index (χ0) is 14.1. The number of aromatic amines is 1. The minimum absolute atomic E-state index is 0.295. The first-order valence-electron chi connectivity index (χ1n) is 6.60. The van der Waals surface area contributed by atoms with Crippen LogP contribution in [0.5, 0.6) is 5.75 Å². The van der Waals surface area contributed by atoms with E-state index in [0.29, 0.717) is 22.9 Å². The van der Waals surface area contributed by atoms with E-state index in [1.807, 2.05) is 0 Å². The Morgan fingerprint density at radius 2 is 2.10 bits per heavy atom. The summed E-state index contributed by atoms with van der Waals surface area (Å²) in [6.07, 6.45) is 1.19. The van der Waals surface area contributed by atoms with E-state index in [9.17, 15) is 4.79 Å². The van der Waals surface area contributed by atoms with E-state index in [4.69, 9.17) is 16.2 Å². The molecule has 1 aromatic heterocycles. The Hall–Kier alpha value is -2.28. The van der Waals surface area contributed by atoms with E-state index in [1.54, 1.807) is 12.1 Å². The Bertz CT molecular complexity index is 645. The maximum Gasteiger partial charge on any atom is 0.410 e. The van der Waals surface area contributed by atoms with Crippen molar-refractivity contribution < 1.29 is 9.53 Å². The summed E-state index contributed by atoms with van der Waals surface area (Å²) in [5.41, 5.74) is 12.7. The van der Waals surface area contributed by atoms with Crippen LogP contribution in [0.2, 0.25) is 0 Å². The molecule has 2 aromatic rings. The van der Waals surface area contributed by atoms with Crippen LogP contribution >= 0.6 is 0 Å². The van der Waals surface area contributed by atoms with Gasteiger partial charge in [-0.1, -0.05) is 0 Å². The zero-order valence-corrected chi connectivity index (χ0v) is 11.0. The van der Waals surface area contributed by atoms with Crippen LogP contribution < -0.4 is 21.5 Å². The van der Waals surface area contributed by atoms with Crippen molar-refractivity contribution in [2.24, 2.45) is 5.73 Å². The third kappa shape index (κ3) is 2.39. The molecule has 1 amide bonds.